The number of hydrogen-bond acceptors (Lipinski definition) is 3. The van der Waals surface area contributed by atoms with Crippen LogP contribution in [0.2, 0.25) is 0 Å². The molecule has 0 radical (unpaired) electrons. The maximum absolute atomic E-state index is 5.13. The average molecular weight is 256 g/mol. The molecule has 1 aromatic carbocycles. The van der Waals surface area contributed by atoms with Crippen molar-refractivity contribution in [1.29, 1.82) is 0 Å². The van der Waals surface area contributed by atoms with Gasteiger partial charge in [-0.3, -0.25) is 0 Å². The maximum atomic E-state index is 5.13. The number of aryl methyl sites for hydroxylation is 1. The number of nitrogens with zero attached hydrogens (tertiary/aromatic N) is 1. The van der Waals surface area contributed by atoms with E-state index in [2.05, 4.69) is 48.4 Å². The van der Waals surface area contributed by atoms with Crippen molar-refractivity contribution in [3.63, 3.8) is 0 Å². The van der Waals surface area contributed by atoms with Gasteiger partial charge in [0.15, 0.2) is 0 Å². The van der Waals surface area contributed by atoms with Gasteiger partial charge in [0.1, 0.15) is 0 Å². The standard InChI is InChI=1S/C16H20N2O/c1-12-6-4-5-7-15(12)13(2)18-11-14-8-9-17-16(10-14)19-3/h4-10,13,18H,11H2,1-3H3. The normalized spacial score (nSPS) is 12.2. The third kappa shape index (κ3) is 3.55. The van der Waals surface area contributed by atoms with Crippen LogP contribution in [0.1, 0.15) is 29.7 Å². The molecule has 0 aliphatic rings. The van der Waals surface area contributed by atoms with Gasteiger partial charge in [0.05, 0.1) is 7.11 Å². The van der Waals surface area contributed by atoms with Crippen LogP contribution in [0.4, 0.5) is 0 Å². The van der Waals surface area contributed by atoms with Gasteiger partial charge in [-0.25, -0.2) is 4.98 Å². The first-order chi connectivity index (χ1) is 9.20. The van der Waals surface area contributed by atoms with Crippen LogP contribution in [-0.4, -0.2) is 12.1 Å². The molecule has 1 unspecified atom stereocenters. The Kier molecular flexibility index (Phi) is 4.53. The summed E-state index contributed by atoms with van der Waals surface area (Å²) in [4.78, 5) is 4.11. The summed E-state index contributed by atoms with van der Waals surface area (Å²) in [5.74, 6) is 0.655. The average Bonchev–Trinajstić information content (AvgIpc) is 2.45. The maximum Gasteiger partial charge on any atom is 0.213 e. The Bertz CT molecular complexity index is 540. The molecule has 2 aromatic rings. The van der Waals surface area contributed by atoms with Gasteiger partial charge in [-0.1, -0.05) is 24.3 Å². The predicted molar refractivity (Wildman–Crippen MR) is 77.2 cm³/mol. The molecule has 1 N–H and O–H groups in total. The molecule has 1 aromatic heterocycles. The Hall–Kier alpha value is -1.87. The zero-order chi connectivity index (χ0) is 13.7. The van der Waals surface area contributed by atoms with E-state index in [1.54, 1.807) is 13.3 Å². The van der Waals surface area contributed by atoms with Crippen LogP contribution in [0.15, 0.2) is 42.6 Å². The van der Waals surface area contributed by atoms with Crippen molar-refractivity contribution in [1.82, 2.24) is 10.3 Å². The van der Waals surface area contributed by atoms with E-state index in [1.165, 1.54) is 16.7 Å². The number of rotatable bonds is 5. The molecule has 3 heteroatoms. The second-order valence-electron chi connectivity index (χ2n) is 4.67. The van der Waals surface area contributed by atoms with Crippen LogP contribution in [0, 0.1) is 6.92 Å². The Morgan fingerprint density at radius 3 is 2.79 bits per heavy atom. The Morgan fingerprint density at radius 2 is 2.05 bits per heavy atom. The summed E-state index contributed by atoms with van der Waals surface area (Å²) in [6.45, 7) is 5.12. The number of aromatic nitrogens is 1. The van der Waals surface area contributed by atoms with Crippen molar-refractivity contribution in [2.24, 2.45) is 0 Å². The summed E-state index contributed by atoms with van der Waals surface area (Å²) in [6.07, 6.45) is 1.77. The molecule has 0 spiro atoms. The third-order valence-corrected chi connectivity index (χ3v) is 3.28. The number of hydrogen-bond donors (Lipinski definition) is 1. The van der Waals surface area contributed by atoms with Crippen molar-refractivity contribution >= 4 is 0 Å². The van der Waals surface area contributed by atoms with Gasteiger partial charge in [-0.15, -0.1) is 0 Å². The zero-order valence-electron chi connectivity index (χ0n) is 11.7. The van der Waals surface area contributed by atoms with E-state index >= 15 is 0 Å². The van der Waals surface area contributed by atoms with Crippen molar-refractivity contribution in [3.8, 4) is 5.88 Å². The SMILES string of the molecule is COc1cc(CNC(C)c2ccccc2C)ccn1. The van der Waals surface area contributed by atoms with Crippen molar-refractivity contribution in [2.45, 2.75) is 26.4 Å². The molecular weight excluding hydrogens is 236 g/mol. The highest BCUT2D eigenvalue weighted by Crippen LogP contribution is 2.17. The van der Waals surface area contributed by atoms with Crippen LogP contribution in [0.3, 0.4) is 0 Å². The lowest BCUT2D eigenvalue weighted by Crippen LogP contribution is -2.18. The summed E-state index contributed by atoms with van der Waals surface area (Å²) in [6, 6.07) is 12.7. The lowest BCUT2D eigenvalue weighted by Gasteiger charge is -2.16. The number of pyridine rings is 1. The van der Waals surface area contributed by atoms with Gasteiger partial charge in [-0.05, 0) is 36.6 Å². The fraction of sp³-hybridized carbons (Fsp3) is 0.312. The predicted octanol–water partition coefficient (Wildman–Crippen LogP) is 3.25. The molecule has 1 heterocycles. The molecule has 3 nitrogen and oxygen atoms in total. The Labute approximate surface area is 114 Å². The largest absolute Gasteiger partial charge is 0.481 e. The Balaban J connectivity index is 2.00. The summed E-state index contributed by atoms with van der Waals surface area (Å²) < 4.78 is 5.13. The molecule has 0 fully saturated rings. The molecule has 19 heavy (non-hydrogen) atoms. The second kappa shape index (κ2) is 6.34. The molecule has 0 aliphatic carbocycles. The number of ether oxygens (including phenoxy) is 1. The van der Waals surface area contributed by atoms with Gasteiger partial charge in [0.25, 0.3) is 0 Å². The third-order valence-electron chi connectivity index (χ3n) is 3.28. The van der Waals surface area contributed by atoms with Gasteiger partial charge in [0, 0.05) is 24.8 Å². The van der Waals surface area contributed by atoms with Gasteiger partial charge in [0.2, 0.25) is 5.88 Å². The smallest absolute Gasteiger partial charge is 0.213 e. The number of methoxy groups -OCH3 is 1. The lowest BCUT2D eigenvalue weighted by atomic mass is 10.0. The van der Waals surface area contributed by atoms with E-state index in [4.69, 9.17) is 4.74 Å². The molecule has 100 valence electrons. The molecule has 2 rings (SSSR count). The van der Waals surface area contributed by atoms with Crippen LogP contribution < -0.4 is 10.1 Å². The first-order valence-electron chi connectivity index (χ1n) is 6.48. The quantitative estimate of drug-likeness (QED) is 0.891. The van der Waals surface area contributed by atoms with Gasteiger partial charge >= 0.3 is 0 Å². The number of nitrogens with one attached hydrogen (secondary N) is 1. The van der Waals surface area contributed by atoms with Gasteiger partial charge in [-0.2, -0.15) is 0 Å². The zero-order valence-corrected chi connectivity index (χ0v) is 11.7. The first kappa shape index (κ1) is 13.6. The minimum atomic E-state index is 0.320. The van der Waals surface area contributed by atoms with Crippen molar-refractivity contribution in [3.05, 3.63) is 59.3 Å². The highest BCUT2D eigenvalue weighted by molar-refractivity contribution is 5.28. The van der Waals surface area contributed by atoms with E-state index in [0.717, 1.165) is 6.54 Å². The van der Waals surface area contributed by atoms with E-state index < -0.39 is 0 Å². The van der Waals surface area contributed by atoms with E-state index in [9.17, 15) is 0 Å². The monoisotopic (exact) mass is 256 g/mol. The Morgan fingerprint density at radius 1 is 1.26 bits per heavy atom. The highest BCUT2D eigenvalue weighted by atomic mass is 16.5. The molecule has 0 saturated carbocycles. The summed E-state index contributed by atoms with van der Waals surface area (Å²) in [7, 11) is 1.63. The summed E-state index contributed by atoms with van der Waals surface area (Å²) in [5.41, 5.74) is 3.82. The molecule has 1 atom stereocenters. The minimum Gasteiger partial charge on any atom is -0.481 e. The summed E-state index contributed by atoms with van der Waals surface area (Å²) in [5, 5.41) is 3.52. The van der Waals surface area contributed by atoms with Gasteiger partial charge < -0.3 is 10.1 Å². The van der Waals surface area contributed by atoms with Crippen molar-refractivity contribution < 1.29 is 4.74 Å². The summed E-state index contributed by atoms with van der Waals surface area (Å²) >= 11 is 0. The molecule has 0 bridgehead atoms. The fourth-order valence-electron chi connectivity index (χ4n) is 2.13. The van der Waals surface area contributed by atoms with E-state index in [0.29, 0.717) is 11.9 Å². The molecule has 0 aliphatic heterocycles. The van der Waals surface area contributed by atoms with E-state index in [-0.39, 0.29) is 0 Å². The molecule has 0 saturated heterocycles. The van der Waals surface area contributed by atoms with Crippen LogP contribution in [-0.2, 0) is 6.54 Å². The lowest BCUT2D eigenvalue weighted by molar-refractivity contribution is 0.397. The second-order valence-corrected chi connectivity index (χ2v) is 4.67. The van der Waals surface area contributed by atoms with E-state index in [1.807, 2.05) is 12.1 Å². The first-order valence-corrected chi connectivity index (χ1v) is 6.48. The molecule has 0 amide bonds. The van der Waals surface area contributed by atoms with Crippen LogP contribution in [0.25, 0.3) is 0 Å². The van der Waals surface area contributed by atoms with Crippen LogP contribution >= 0.6 is 0 Å². The number of benzene rings is 1. The van der Waals surface area contributed by atoms with Crippen molar-refractivity contribution in [2.75, 3.05) is 7.11 Å². The fourth-order valence-corrected chi connectivity index (χ4v) is 2.13. The topological polar surface area (TPSA) is 34.1 Å². The van der Waals surface area contributed by atoms with Crippen LogP contribution in [0.5, 0.6) is 5.88 Å². The molecular formula is C16H20N2O. The minimum absolute atomic E-state index is 0.320. The highest BCUT2D eigenvalue weighted by Gasteiger charge is 2.07.